The Labute approximate surface area is 234 Å². The zero-order chi connectivity index (χ0) is 29.2. The van der Waals surface area contributed by atoms with E-state index < -0.39 is 24.0 Å². The number of carbonyl (C=O) groups excluding carboxylic acids is 2. The Hall–Kier alpha value is -4.34. The van der Waals surface area contributed by atoms with Crippen LogP contribution in [-0.4, -0.2) is 34.6 Å². The molecule has 214 valence electrons. The normalized spacial score (nSPS) is 12.4. The highest BCUT2D eigenvalue weighted by atomic mass is 16.5. The fourth-order valence-corrected chi connectivity index (χ4v) is 4.15. The van der Waals surface area contributed by atoms with E-state index in [0.717, 1.165) is 5.56 Å². The number of oxazole rings is 1. The quantitative estimate of drug-likeness (QED) is 0.213. The molecular formula is C30H38N4O6. The Bertz CT molecular complexity index is 1320. The van der Waals surface area contributed by atoms with Crippen molar-refractivity contribution in [3.63, 3.8) is 0 Å². The van der Waals surface area contributed by atoms with Crippen LogP contribution in [0.4, 0.5) is 16.2 Å². The molecule has 3 rings (SSSR count). The van der Waals surface area contributed by atoms with Crippen LogP contribution in [0.25, 0.3) is 0 Å². The molecule has 0 saturated heterocycles. The van der Waals surface area contributed by atoms with Gasteiger partial charge in [0.2, 0.25) is 11.8 Å². The van der Waals surface area contributed by atoms with Gasteiger partial charge in [-0.05, 0) is 55.5 Å². The summed E-state index contributed by atoms with van der Waals surface area (Å²) in [6.07, 6.45) is 2.37. The zero-order valence-electron chi connectivity index (χ0n) is 23.6. The lowest BCUT2D eigenvalue weighted by Crippen LogP contribution is -2.31. The zero-order valence-corrected chi connectivity index (χ0v) is 23.6. The van der Waals surface area contributed by atoms with Crippen LogP contribution in [-0.2, 0) is 22.4 Å². The number of rotatable bonds is 13. The van der Waals surface area contributed by atoms with Crippen LogP contribution < -0.4 is 20.7 Å². The highest BCUT2D eigenvalue weighted by Crippen LogP contribution is 2.28. The van der Waals surface area contributed by atoms with Gasteiger partial charge in [-0.25, -0.2) is 9.78 Å². The van der Waals surface area contributed by atoms with Crippen molar-refractivity contribution in [1.29, 1.82) is 0 Å². The Morgan fingerprint density at radius 2 is 1.77 bits per heavy atom. The van der Waals surface area contributed by atoms with Crippen molar-refractivity contribution in [3.8, 4) is 5.75 Å². The Balaban J connectivity index is 1.68. The number of benzene rings is 2. The number of carboxylic acid groups (broad SMARTS) is 1. The van der Waals surface area contributed by atoms with Crippen LogP contribution in [0.5, 0.6) is 5.75 Å². The van der Waals surface area contributed by atoms with Gasteiger partial charge < -0.3 is 30.2 Å². The highest BCUT2D eigenvalue weighted by Gasteiger charge is 2.23. The second-order valence-corrected chi connectivity index (χ2v) is 10.2. The number of aromatic nitrogens is 1. The number of ether oxygens (including phenoxy) is 1. The molecule has 0 fully saturated rings. The van der Waals surface area contributed by atoms with Gasteiger partial charge in [-0.15, -0.1) is 0 Å². The summed E-state index contributed by atoms with van der Waals surface area (Å²) in [6, 6.07) is 11.8. The number of amides is 3. The third-order valence-corrected chi connectivity index (χ3v) is 6.20. The van der Waals surface area contributed by atoms with E-state index in [4.69, 9.17) is 9.15 Å². The van der Waals surface area contributed by atoms with Crippen LogP contribution in [0.3, 0.4) is 0 Å². The van der Waals surface area contributed by atoms with Gasteiger partial charge >= 0.3 is 12.0 Å². The van der Waals surface area contributed by atoms with Gasteiger partial charge in [-0.1, -0.05) is 45.0 Å². The van der Waals surface area contributed by atoms with Crippen molar-refractivity contribution >= 4 is 29.3 Å². The molecule has 0 saturated carbocycles. The molecule has 0 aliphatic heterocycles. The minimum atomic E-state index is -0.906. The predicted molar refractivity (Wildman–Crippen MR) is 152 cm³/mol. The first-order chi connectivity index (χ1) is 19.0. The van der Waals surface area contributed by atoms with E-state index in [1.807, 2.05) is 52.0 Å². The molecule has 3 amide bonds. The number of carboxylic acids is 1. The topological polar surface area (TPSA) is 143 Å². The molecule has 40 heavy (non-hydrogen) atoms. The number of nitrogens with zero attached hydrogens (tertiary/aromatic N) is 1. The van der Waals surface area contributed by atoms with Crippen LogP contribution in [0.1, 0.15) is 62.9 Å². The average Bonchev–Trinajstić information content (AvgIpc) is 3.35. The summed E-state index contributed by atoms with van der Waals surface area (Å²) in [5.41, 5.74) is 3.37. The Morgan fingerprint density at radius 1 is 1.05 bits per heavy atom. The largest absolute Gasteiger partial charge is 0.492 e. The number of anilines is 2. The highest BCUT2D eigenvalue weighted by molar-refractivity contribution is 6.01. The number of para-hydroxylation sites is 1. The summed E-state index contributed by atoms with van der Waals surface area (Å²) < 4.78 is 11.4. The van der Waals surface area contributed by atoms with Gasteiger partial charge in [0.1, 0.15) is 18.1 Å². The molecule has 0 bridgehead atoms. The molecule has 10 nitrogen and oxygen atoms in total. The molecule has 0 aliphatic carbocycles. The van der Waals surface area contributed by atoms with Crippen LogP contribution in [0, 0.1) is 18.8 Å². The molecule has 2 aromatic carbocycles. The molecule has 2 unspecified atom stereocenters. The lowest BCUT2D eigenvalue weighted by Gasteiger charge is -2.18. The maximum Gasteiger partial charge on any atom is 0.323 e. The number of aliphatic carboxylic acids is 1. The predicted octanol–water partition coefficient (Wildman–Crippen LogP) is 5.74. The molecule has 3 aromatic rings. The van der Waals surface area contributed by atoms with Crippen molar-refractivity contribution in [3.05, 3.63) is 71.4 Å². The number of aryl methyl sites for hydroxylation is 1. The number of carbonyl (C=O) groups is 3. The summed E-state index contributed by atoms with van der Waals surface area (Å²) in [4.78, 5) is 41.3. The van der Waals surface area contributed by atoms with Crippen molar-refractivity contribution in [1.82, 2.24) is 10.3 Å². The fourth-order valence-electron chi connectivity index (χ4n) is 4.15. The maximum absolute atomic E-state index is 13.0. The van der Waals surface area contributed by atoms with E-state index in [1.54, 1.807) is 25.1 Å². The van der Waals surface area contributed by atoms with E-state index in [9.17, 15) is 19.5 Å². The van der Waals surface area contributed by atoms with E-state index in [1.165, 1.54) is 6.26 Å². The van der Waals surface area contributed by atoms with E-state index in [0.29, 0.717) is 47.3 Å². The molecular weight excluding hydrogens is 512 g/mol. The first-order valence-electron chi connectivity index (χ1n) is 13.4. The van der Waals surface area contributed by atoms with Gasteiger partial charge in [0.25, 0.3) is 0 Å². The number of hydrogen-bond donors (Lipinski definition) is 4. The number of urea groups is 1. The molecule has 0 spiro atoms. The van der Waals surface area contributed by atoms with Gasteiger partial charge in [0.15, 0.2) is 0 Å². The molecule has 4 N–H and O–H groups in total. The van der Waals surface area contributed by atoms with Crippen molar-refractivity contribution < 1.29 is 28.6 Å². The standard InChI is InChI=1S/C30H38N4O6/c1-6-39-26-15-21(11-12-24(26)34-30(38)33-23-10-8-7-9-19(23)4)16-27(35)32-25(13-18(2)3)28-31-22(17-40-28)14-20(5)29(36)37/h7-12,15,17-18,20,25H,6,13-14,16H2,1-5H3,(H,32,35)(H,36,37)(H2,33,34,38). The monoisotopic (exact) mass is 550 g/mol. The van der Waals surface area contributed by atoms with E-state index in [2.05, 4.69) is 20.9 Å². The molecule has 1 heterocycles. The van der Waals surface area contributed by atoms with Crippen molar-refractivity contribution in [2.24, 2.45) is 11.8 Å². The van der Waals surface area contributed by atoms with Crippen LogP contribution in [0.15, 0.2) is 53.1 Å². The van der Waals surface area contributed by atoms with Gasteiger partial charge in [-0.3, -0.25) is 9.59 Å². The maximum atomic E-state index is 13.0. The third-order valence-electron chi connectivity index (χ3n) is 6.20. The molecule has 1 aromatic heterocycles. The second kappa shape index (κ2) is 14.2. The van der Waals surface area contributed by atoms with E-state index in [-0.39, 0.29) is 24.7 Å². The average molecular weight is 551 g/mol. The lowest BCUT2D eigenvalue weighted by molar-refractivity contribution is -0.141. The Morgan fingerprint density at radius 3 is 2.45 bits per heavy atom. The second-order valence-electron chi connectivity index (χ2n) is 10.2. The summed E-state index contributed by atoms with van der Waals surface area (Å²) in [5.74, 6) is -0.679. The van der Waals surface area contributed by atoms with E-state index >= 15 is 0 Å². The van der Waals surface area contributed by atoms with Crippen LogP contribution >= 0.6 is 0 Å². The van der Waals surface area contributed by atoms with Crippen molar-refractivity contribution in [2.75, 3.05) is 17.2 Å². The summed E-state index contributed by atoms with van der Waals surface area (Å²) in [5, 5.41) is 17.8. The van der Waals surface area contributed by atoms with Crippen molar-refractivity contribution in [2.45, 2.75) is 59.9 Å². The number of hydrogen-bond acceptors (Lipinski definition) is 6. The minimum Gasteiger partial charge on any atom is -0.492 e. The molecule has 10 heteroatoms. The molecule has 2 atom stereocenters. The smallest absolute Gasteiger partial charge is 0.323 e. The summed E-state index contributed by atoms with van der Waals surface area (Å²) in [7, 11) is 0. The van der Waals surface area contributed by atoms with Gasteiger partial charge in [-0.2, -0.15) is 0 Å². The van der Waals surface area contributed by atoms with Crippen LogP contribution in [0.2, 0.25) is 0 Å². The number of nitrogens with one attached hydrogen (secondary N) is 3. The fraction of sp³-hybridized carbons (Fsp3) is 0.400. The molecule has 0 radical (unpaired) electrons. The summed E-state index contributed by atoms with van der Waals surface area (Å²) in [6.45, 7) is 9.81. The first kappa shape index (κ1) is 30.2. The first-order valence-corrected chi connectivity index (χ1v) is 13.4. The Kier molecular flexibility index (Phi) is 10.7. The summed E-state index contributed by atoms with van der Waals surface area (Å²) >= 11 is 0. The lowest BCUT2D eigenvalue weighted by atomic mass is 10.0. The minimum absolute atomic E-state index is 0.0774. The third kappa shape index (κ3) is 8.86. The van der Waals surface area contributed by atoms with Gasteiger partial charge in [0, 0.05) is 12.1 Å². The molecule has 0 aliphatic rings. The SMILES string of the molecule is CCOc1cc(CC(=O)NC(CC(C)C)c2nc(CC(C)C(=O)O)co2)ccc1NC(=O)Nc1ccccc1C. The van der Waals surface area contributed by atoms with Gasteiger partial charge in [0.05, 0.1) is 30.3 Å².